The molecule has 5 nitrogen and oxygen atoms in total. The second-order valence-electron chi connectivity index (χ2n) is 4.56. The van der Waals surface area contributed by atoms with Crippen molar-refractivity contribution >= 4 is 0 Å². The number of tetrazole rings is 1. The smallest absolute Gasteiger partial charge is 0.175 e. The Morgan fingerprint density at radius 1 is 1.31 bits per heavy atom. The lowest BCUT2D eigenvalue weighted by Crippen LogP contribution is -2.26. The average Bonchev–Trinajstić information content (AvgIpc) is 2.64. The topological polar surface area (TPSA) is 55.6 Å². The Morgan fingerprint density at radius 3 is 2.62 bits per heavy atom. The summed E-state index contributed by atoms with van der Waals surface area (Å²) in [5, 5.41) is 15.5. The molecular formula is C11H23N5. The Bertz CT molecular complexity index is 296. The number of rotatable bonds is 7. The van der Waals surface area contributed by atoms with Crippen LogP contribution in [0, 0.1) is 11.8 Å². The van der Waals surface area contributed by atoms with E-state index in [9.17, 15) is 0 Å². The lowest BCUT2D eigenvalue weighted by molar-refractivity contribution is 0.360. The lowest BCUT2D eigenvalue weighted by Gasteiger charge is -2.18. The van der Waals surface area contributed by atoms with Crippen molar-refractivity contribution in [2.45, 2.75) is 33.6 Å². The first-order valence-electron chi connectivity index (χ1n) is 6.07. The summed E-state index contributed by atoms with van der Waals surface area (Å²) in [5.41, 5.74) is 0. The fourth-order valence-electron chi connectivity index (χ4n) is 1.60. The van der Waals surface area contributed by atoms with Crippen LogP contribution in [0.5, 0.6) is 0 Å². The molecule has 5 heteroatoms. The monoisotopic (exact) mass is 225 g/mol. The molecule has 0 amide bonds. The Hall–Kier alpha value is -0.970. The zero-order valence-corrected chi connectivity index (χ0v) is 10.8. The predicted octanol–water partition coefficient (Wildman–Crippen LogP) is 1.02. The molecule has 0 bridgehead atoms. The van der Waals surface area contributed by atoms with Crippen molar-refractivity contribution in [2.75, 3.05) is 13.1 Å². The summed E-state index contributed by atoms with van der Waals surface area (Å²) in [4.78, 5) is 1.52. The van der Waals surface area contributed by atoms with Crippen molar-refractivity contribution in [3.8, 4) is 0 Å². The number of nitrogens with zero attached hydrogens (tertiary/aromatic N) is 4. The van der Waals surface area contributed by atoms with Crippen molar-refractivity contribution in [2.24, 2.45) is 18.9 Å². The molecule has 16 heavy (non-hydrogen) atoms. The van der Waals surface area contributed by atoms with Gasteiger partial charge >= 0.3 is 0 Å². The zero-order valence-electron chi connectivity index (χ0n) is 10.8. The molecule has 1 heterocycles. The van der Waals surface area contributed by atoms with E-state index in [1.54, 1.807) is 7.05 Å². The van der Waals surface area contributed by atoms with E-state index in [2.05, 4.69) is 41.5 Å². The van der Waals surface area contributed by atoms with Crippen LogP contribution in [0.25, 0.3) is 0 Å². The van der Waals surface area contributed by atoms with Gasteiger partial charge in [0.25, 0.3) is 0 Å². The molecule has 0 aliphatic heterocycles. The van der Waals surface area contributed by atoms with Gasteiger partial charge in [-0.15, -0.1) is 10.2 Å². The van der Waals surface area contributed by atoms with Gasteiger partial charge < -0.3 is 5.32 Å². The normalized spacial score (nSPS) is 15.0. The third-order valence-corrected chi connectivity index (χ3v) is 2.92. The molecule has 0 fully saturated rings. The highest BCUT2D eigenvalue weighted by Gasteiger charge is 2.14. The minimum atomic E-state index is 0.577. The maximum atomic E-state index is 4.20. The summed E-state index contributed by atoms with van der Waals surface area (Å²) in [5.74, 6) is 2.06. The van der Waals surface area contributed by atoms with Gasteiger partial charge in [0.15, 0.2) is 5.82 Å². The van der Waals surface area contributed by atoms with Gasteiger partial charge in [0.1, 0.15) is 0 Å². The van der Waals surface area contributed by atoms with Crippen LogP contribution in [0.3, 0.4) is 0 Å². The molecule has 92 valence electrons. The van der Waals surface area contributed by atoms with E-state index in [1.807, 2.05) is 0 Å². The summed E-state index contributed by atoms with van der Waals surface area (Å²) < 4.78 is 0. The van der Waals surface area contributed by atoms with E-state index in [0.717, 1.165) is 25.3 Å². The van der Waals surface area contributed by atoms with Crippen molar-refractivity contribution in [1.82, 2.24) is 25.5 Å². The Kier molecular flexibility index (Phi) is 5.38. The summed E-state index contributed by atoms with van der Waals surface area (Å²) in [6.07, 6.45) is 2.09. The highest BCUT2D eigenvalue weighted by atomic mass is 15.6. The SMILES string of the molecule is CCCNCC(C)C(C)Cc1nnn(C)n1. The largest absolute Gasteiger partial charge is 0.316 e. The third-order valence-electron chi connectivity index (χ3n) is 2.92. The second-order valence-corrected chi connectivity index (χ2v) is 4.56. The minimum Gasteiger partial charge on any atom is -0.316 e. The predicted molar refractivity (Wildman–Crippen MR) is 64.0 cm³/mol. The first kappa shape index (κ1) is 13.1. The average molecular weight is 225 g/mol. The molecule has 0 aromatic carbocycles. The fraction of sp³-hybridized carbons (Fsp3) is 0.909. The summed E-state index contributed by atoms with van der Waals surface area (Å²) in [6, 6.07) is 0. The van der Waals surface area contributed by atoms with Crippen LogP contribution in [0.2, 0.25) is 0 Å². The summed E-state index contributed by atoms with van der Waals surface area (Å²) in [6.45, 7) is 8.86. The number of nitrogens with one attached hydrogen (secondary N) is 1. The van der Waals surface area contributed by atoms with E-state index < -0.39 is 0 Å². The van der Waals surface area contributed by atoms with E-state index in [1.165, 1.54) is 11.2 Å². The maximum absolute atomic E-state index is 4.20. The van der Waals surface area contributed by atoms with E-state index >= 15 is 0 Å². The fourth-order valence-corrected chi connectivity index (χ4v) is 1.60. The molecule has 1 aromatic rings. The Morgan fingerprint density at radius 2 is 2.06 bits per heavy atom. The van der Waals surface area contributed by atoms with Crippen LogP contribution in [-0.2, 0) is 13.5 Å². The molecule has 0 saturated carbocycles. The van der Waals surface area contributed by atoms with Crippen molar-refractivity contribution in [3.63, 3.8) is 0 Å². The summed E-state index contributed by atoms with van der Waals surface area (Å²) >= 11 is 0. The van der Waals surface area contributed by atoms with E-state index in [-0.39, 0.29) is 0 Å². The maximum Gasteiger partial charge on any atom is 0.175 e. The molecule has 0 spiro atoms. The molecule has 2 atom stereocenters. The first-order valence-corrected chi connectivity index (χ1v) is 6.07. The number of hydrogen-bond acceptors (Lipinski definition) is 4. The zero-order chi connectivity index (χ0) is 12.0. The number of aryl methyl sites for hydroxylation is 1. The van der Waals surface area contributed by atoms with Crippen LogP contribution in [0.4, 0.5) is 0 Å². The Balaban J connectivity index is 2.30. The van der Waals surface area contributed by atoms with Crippen molar-refractivity contribution < 1.29 is 0 Å². The van der Waals surface area contributed by atoms with Crippen LogP contribution >= 0.6 is 0 Å². The number of hydrogen-bond donors (Lipinski definition) is 1. The highest BCUT2D eigenvalue weighted by molar-refractivity contribution is 4.81. The molecule has 0 aliphatic rings. The van der Waals surface area contributed by atoms with Crippen LogP contribution in [0.1, 0.15) is 33.0 Å². The van der Waals surface area contributed by atoms with E-state index in [4.69, 9.17) is 0 Å². The first-order chi connectivity index (χ1) is 7.63. The van der Waals surface area contributed by atoms with Crippen LogP contribution < -0.4 is 5.32 Å². The van der Waals surface area contributed by atoms with Gasteiger partial charge in [-0.1, -0.05) is 20.8 Å². The van der Waals surface area contributed by atoms with Crippen molar-refractivity contribution in [3.05, 3.63) is 5.82 Å². The molecule has 1 N–H and O–H groups in total. The standard InChI is InChI=1S/C11H23N5/c1-5-6-12-8-10(3)9(2)7-11-13-15-16(4)14-11/h9-10,12H,5-8H2,1-4H3. The minimum absolute atomic E-state index is 0.577. The number of aromatic nitrogens is 4. The third kappa shape index (κ3) is 4.26. The van der Waals surface area contributed by atoms with Gasteiger partial charge in [-0.2, -0.15) is 4.80 Å². The van der Waals surface area contributed by atoms with Gasteiger partial charge in [-0.3, -0.25) is 0 Å². The van der Waals surface area contributed by atoms with E-state index in [0.29, 0.717) is 11.8 Å². The van der Waals surface area contributed by atoms with Gasteiger partial charge in [0, 0.05) is 6.42 Å². The summed E-state index contributed by atoms with van der Waals surface area (Å²) in [7, 11) is 1.80. The molecule has 0 aliphatic carbocycles. The molecular weight excluding hydrogens is 202 g/mol. The van der Waals surface area contributed by atoms with Gasteiger partial charge in [0.2, 0.25) is 0 Å². The second kappa shape index (κ2) is 6.58. The van der Waals surface area contributed by atoms with Crippen LogP contribution in [0.15, 0.2) is 0 Å². The molecule has 0 saturated heterocycles. The molecule has 1 aromatic heterocycles. The molecule has 1 rings (SSSR count). The highest BCUT2D eigenvalue weighted by Crippen LogP contribution is 2.13. The van der Waals surface area contributed by atoms with Gasteiger partial charge in [0.05, 0.1) is 7.05 Å². The molecule has 0 radical (unpaired) electrons. The van der Waals surface area contributed by atoms with Gasteiger partial charge in [-0.25, -0.2) is 0 Å². The lowest BCUT2D eigenvalue weighted by atomic mass is 9.92. The van der Waals surface area contributed by atoms with Gasteiger partial charge in [-0.05, 0) is 36.6 Å². The molecule has 2 unspecified atom stereocenters. The Labute approximate surface area is 97.6 Å². The van der Waals surface area contributed by atoms with Crippen molar-refractivity contribution in [1.29, 1.82) is 0 Å². The van der Waals surface area contributed by atoms with Crippen LogP contribution in [-0.4, -0.2) is 33.3 Å². The quantitative estimate of drug-likeness (QED) is 0.704.